The Labute approximate surface area is 77.3 Å². The second-order valence-electron chi connectivity index (χ2n) is 0.231. The van der Waals surface area contributed by atoms with E-state index in [0.29, 0.717) is 0 Å². The van der Waals surface area contributed by atoms with E-state index in [1.807, 2.05) is 0 Å². The van der Waals surface area contributed by atoms with E-state index in [2.05, 4.69) is 0 Å². The molecule has 0 saturated heterocycles. The Bertz CT molecular complexity index is 37.9. The molecule has 0 saturated carbocycles. The van der Waals surface area contributed by atoms with Crippen LogP contribution < -0.4 is 29.6 Å². The molecule has 0 aliphatic rings. The van der Waals surface area contributed by atoms with E-state index in [4.69, 9.17) is 13.3 Å². The predicted octanol–water partition coefficient (Wildman–Crippen LogP) is -3.20. The third-order valence-corrected chi connectivity index (χ3v) is 0. The first-order chi connectivity index (χ1) is 1.73. The molecule has 0 aromatic rings. The molecule has 0 spiro atoms. The molecule has 1 radical (unpaired) electrons. The van der Waals surface area contributed by atoms with Crippen molar-refractivity contribution in [1.29, 1.82) is 0 Å². The van der Waals surface area contributed by atoms with Gasteiger partial charge in [-0.3, -0.25) is 9.11 Å². The van der Waals surface area contributed by atoms with Crippen molar-refractivity contribution in [3.05, 3.63) is 0 Å². The molecule has 0 aromatic carbocycles. The fraction of sp³-hybridized carbons (Fsp3) is 0. The van der Waals surface area contributed by atoms with Crippen molar-refractivity contribution in [2.75, 3.05) is 0 Å². The van der Waals surface area contributed by atoms with Gasteiger partial charge in [-0.1, -0.05) is 0 Å². The van der Waals surface area contributed by atoms with Crippen LogP contribution in [0.5, 0.6) is 0 Å². The van der Waals surface area contributed by atoms with E-state index >= 15 is 0 Å². The molecule has 0 heterocycles. The number of rotatable bonds is 0. The topological polar surface area (TPSA) is 57.5 Å². The predicted molar refractivity (Wildman–Crippen MR) is 14.5 cm³/mol. The van der Waals surface area contributed by atoms with E-state index in [1.54, 1.807) is 0 Å². The van der Waals surface area contributed by atoms with Gasteiger partial charge in [0.25, 0.3) is 11.4 Å². The van der Waals surface area contributed by atoms with Crippen molar-refractivity contribution in [3.63, 3.8) is 0 Å². The van der Waals surface area contributed by atoms with Crippen LogP contribution in [0.4, 0.5) is 0 Å². The van der Waals surface area contributed by atoms with Gasteiger partial charge in [-0.05, 0) is 0 Å². The molecule has 2 N–H and O–H groups in total. The van der Waals surface area contributed by atoms with Crippen LogP contribution in [0.15, 0.2) is 0 Å². The molecule has 0 bridgehead atoms. The average molecular weight is 303 g/mol. The SMILES string of the molecule is O=S(O)O.[Au].[H-].[Na+]. The molecule has 0 unspecified atom stereocenters. The van der Waals surface area contributed by atoms with E-state index < -0.39 is 11.4 Å². The zero-order chi connectivity index (χ0) is 3.58. The van der Waals surface area contributed by atoms with Gasteiger partial charge in [0.2, 0.25) is 0 Å². The fourth-order valence-electron chi connectivity index (χ4n) is 0. The Morgan fingerprint density at radius 1 is 1.50 bits per heavy atom. The van der Waals surface area contributed by atoms with Gasteiger partial charge < -0.3 is 1.43 Å². The summed E-state index contributed by atoms with van der Waals surface area (Å²) >= 11 is -2.61. The van der Waals surface area contributed by atoms with Crippen molar-refractivity contribution in [3.8, 4) is 0 Å². The Kier molecular flexibility index (Phi) is 25.9. The third kappa shape index (κ3) is 41.0. The molecule has 0 rings (SSSR count). The Morgan fingerprint density at radius 2 is 1.50 bits per heavy atom. The van der Waals surface area contributed by atoms with Crippen LogP contribution in [0, 0.1) is 0 Å². The van der Waals surface area contributed by atoms with Crippen LogP contribution in [0.3, 0.4) is 0 Å². The van der Waals surface area contributed by atoms with E-state index in [-0.39, 0.29) is 53.4 Å². The van der Waals surface area contributed by atoms with Crippen LogP contribution in [-0.4, -0.2) is 13.3 Å². The summed E-state index contributed by atoms with van der Waals surface area (Å²) in [6.07, 6.45) is 0. The fourth-order valence-corrected chi connectivity index (χ4v) is 0. The summed E-state index contributed by atoms with van der Waals surface area (Å²) in [4.78, 5) is 0. The second kappa shape index (κ2) is 9.94. The first-order valence-corrected chi connectivity index (χ1v) is 1.60. The van der Waals surface area contributed by atoms with Gasteiger partial charge in [0, 0.05) is 22.4 Å². The summed E-state index contributed by atoms with van der Waals surface area (Å²) in [6, 6.07) is 0. The largest absolute Gasteiger partial charge is 1.00 e. The molecule has 0 atom stereocenters. The Hall–Kier alpha value is 1.81. The second-order valence-corrected chi connectivity index (χ2v) is 0.692. The van der Waals surface area contributed by atoms with Crippen LogP contribution in [-0.2, 0) is 33.7 Å². The summed E-state index contributed by atoms with van der Waals surface area (Å²) in [7, 11) is 0. The quantitative estimate of drug-likeness (QED) is 0.366. The summed E-state index contributed by atoms with van der Waals surface area (Å²) in [5.41, 5.74) is 0. The Morgan fingerprint density at radius 3 is 1.50 bits per heavy atom. The van der Waals surface area contributed by atoms with Gasteiger partial charge in [-0.2, -0.15) is 4.21 Å². The molecule has 0 amide bonds. The van der Waals surface area contributed by atoms with Gasteiger partial charge >= 0.3 is 29.6 Å². The van der Waals surface area contributed by atoms with Crippen LogP contribution in [0.25, 0.3) is 0 Å². The zero-order valence-electron chi connectivity index (χ0n) is 4.01. The normalized spacial score (nSPS) is 5.83. The summed E-state index contributed by atoms with van der Waals surface area (Å²) in [6.45, 7) is 0. The molecule has 0 aliphatic heterocycles. The summed E-state index contributed by atoms with van der Waals surface area (Å²) in [5.74, 6) is 0. The minimum atomic E-state index is -2.61. The van der Waals surface area contributed by atoms with Gasteiger partial charge in [0.1, 0.15) is 0 Å². The third-order valence-electron chi connectivity index (χ3n) is 0. The van der Waals surface area contributed by atoms with Crippen molar-refractivity contribution in [2.45, 2.75) is 0 Å². The smallest absolute Gasteiger partial charge is 1.00 e. The summed E-state index contributed by atoms with van der Waals surface area (Å²) < 4.78 is 22.8. The molecule has 0 fully saturated rings. The van der Waals surface area contributed by atoms with Gasteiger partial charge in [-0.15, -0.1) is 0 Å². The molecule has 3 nitrogen and oxygen atoms in total. The number of hydrogen-bond donors (Lipinski definition) is 2. The first kappa shape index (κ1) is 15.7. The molecular formula is H3AuNaO3S. The van der Waals surface area contributed by atoms with Crippen molar-refractivity contribution in [2.24, 2.45) is 0 Å². The Balaban J connectivity index is -0.0000000150. The zero-order valence-corrected chi connectivity index (χ0v) is 8.00. The van der Waals surface area contributed by atoms with Crippen LogP contribution in [0.2, 0.25) is 0 Å². The average Bonchev–Trinajstić information content (AvgIpc) is 0.811. The maximum absolute atomic E-state index is 8.67. The molecule has 39 valence electrons. The standard InChI is InChI=1S/Au.Na.H2O3S.H/c;;1-4(2)3;/h;;(H2,1,2,3);/q;+1;;-1. The van der Waals surface area contributed by atoms with Crippen LogP contribution >= 0.6 is 0 Å². The van der Waals surface area contributed by atoms with E-state index in [0.717, 1.165) is 0 Å². The molecule has 6 heteroatoms. The van der Waals surface area contributed by atoms with Gasteiger partial charge in [-0.25, -0.2) is 0 Å². The minimum absolute atomic E-state index is 0. The van der Waals surface area contributed by atoms with Crippen molar-refractivity contribution >= 4 is 11.4 Å². The molecule has 0 aromatic heterocycles. The van der Waals surface area contributed by atoms with Crippen LogP contribution in [0.1, 0.15) is 1.43 Å². The first-order valence-electron chi connectivity index (χ1n) is 0.532. The molecule has 6 heavy (non-hydrogen) atoms. The van der Waals surface area contributed by atoms with E-state index in [1.165, 1.54) is 0 Å². The number of hydrogen-bond acceptors (Lipinski definition) is 1. The van der Waals surface area contributed by atoms with Gasteiger partial charge in [0.05, 0.1) is 0 Å². The molecule has 0 aliphatic carbocycles. The molecular weight excluding hydrogens is 300 g/mol. The maximum Gasteiger partial charge on any atom is 1.00 e. The van der Waals surface area contributed by atoms with E-state index in [9.17, 15) is 0 Å². The summed E-state index contributed by atoms with van der Waals surface area (Å²) in [5, 5.41) is 0. The van der Waals surface area contributed by atoms with Crippen molar-refractivity contribution < 1.29 is 66.7 Å². The van der Waals surface area contributed by atoms with Crippen molar-refractivity contribution in [1.82, 2.24) is 0 Å². The minimum Gasteiger partial charge on any atom is -1.00 e. The monoisotopic (exact) mass is 303 g/mol. The maximum atomic E-state index is 8.67. The van der Waals surface area contributed by atoms with Gasteiger partial charge in [0.15, 0.2) is 0 Å².